The Balaban J connectivity index is 1.12. The Morgan fingerprint density at radius 2 is 1.17 bits per heavy atom. The van der Waals surface area contributed by atoms with Gasteiger partial charge in [0, 0.05) is 33.5 Å². The highest BCUT2D eigenvalue weighted by molar-refractivity contribution is 6.16. The molecule has 9 aromatic rings. The van der Waals surface area contributed by atoms with E-state index in [0.29, 0.717) is 11.4 Å². The quantitative estimate of drug-likeness (QED) is 0.173. The van der Waals surface area contributed by atoms with E-state index >= 15 is 0 Å². The van der Waals surface area contributed by atoms with Crippen LogP contribution in [0.2, 0.25) is 0 Å². The van der Waals surface area contributed by atoms with Crippen LogP contribution in [0.25, 0.3) is 71.4 Å². The Morgan fingerprint density at radius 1 is 0.537 bits per heavy atom. The molecular weight excluding hydrogens is 657 g/mol. The third-order valence-electron chi connectivity index (χ3n) is 11.2. The molecule has 1 heterocycles. The number of nitrogens with zero attached hydrogens (tertiary/aromatic N) is 1. The normalized spacial score (nSPS) is 13.6. The molecule has 1 aromatic heterocycles. The summed E-state index contributed by atoms with van der Waals surface area (Å²) < 4.78 is 6.26. The van der Waals surface area contributed by atoms with Crippen LogP contribution in [0.3, 0.4) is 0 Å². The number of hydrogen-bond donors (Lipinski definition) is 1. The molecule has 256 valence electrons. The second-order valence-electron chi connectivity index (χ2n) is 14.7. The molecule has 1 N–H and O–H groups in total. The van der Waals surface area contributed by atoms with Crippen LogP contribution in [0.15, 0.2) is 179 Å². The molecule has 0 saturated heterocycles. The molecule has 54 heavy (non-hydrogen) atoms. The van der Waals surface area contributed by atoms with Gasteiger partial charge in [-0.25, -0.2) is 0 Å². The maximum absolute atomic E-state index is 9.09. The molecule has 3 heteroatoms. The van der Waals surface area contributed by atoms with Gasteiger partial charge in [0.1, 0.15) is 11.2 Å². The van der Waals surface area contributed by atoms with E-state index < -0.39 is 0 Å². The molecule has 0 bridgehead atoms. The van der Waals surface area contributed by atoms with Crippen LogP contribution in [0.1, 0.15) is 41.7 Å². The maximum Gasteiger partial charge on any atom is 0.136 e. The fraction of sp³-hybridized carbons (Fsp3) is 0.0588. The number of benzene rings is 8. The van der Waals surface area contributed by atoms with E-state index in [9.17, 15) is 0 Å². The van der Waals surface area contributed by atoms with Crippen LogP contribution in [0.4, 0.5) is 0 Å². The van der Waals surface area contributed by atoms with Gasteiger partial charge in [-0.15, -0.1) is 0 Å². The highest BCUT2D eigenvalue weighted by Crippen LogP contribution is 2.54. The van der Waals surface area contributed by atoms with Gasteiger partial charge in [-0.2, -0.15) is 0 Å². The van der Waals surface area contributed by atoms with E-state index in [0.717, 1.165) is 44.0 Å². The van der Waals surface area contributed by atoms with Crippen LogP contribution in [-0.4, -0.2) is 11.9 Å². The second kappa shape index (κ2) is 12.4. The average molecular weight is 693 g/mol. The number of furan rings is 1. The molecular formula is C51H36N2O. The van der Waals surface area contributed by atoms with E-state index in [4.69, 9.17) is 14.8 Å². The second-order valence-corrected chi connectivity index (χ2v) is 14.7. The number of nitrogens with one attached hydrogen (secondary N) is 1. The van der Waals surface area contributed by atoms with Crippen molar-refractivity contribution in [2.45, 2.75) is 19.3 Å². The third kappa shape index (κ3) is 4.97. The standard InChI is InChI=1S/C51H36N2O/c1-51(2)49-36-18-7-6-14-32(36)26-29-41(49)40-22-12-21-39(50(40)51)38-28-27-34(35-17-8-9-19-37(35)38)31-53-45(30-44(52)33-15-4-3-5-16-33)42-23-13-25-47-48(42)43-20-10-11-24-46(43)54-47/h3-31,52H,1-2H3/b45-30-,52-44?,53-31?. The molecule has 0 amide bonds. The molecule has 10 rings (SSSR count). The van der Waals surface area contributed by atoms with Gasteiger partial charge < -0.3 is 9.83 Å². The third-order valence-corrected chi connectivity index (χ3v) is 11.2. The number of hydrogen-bond acceptors (Lipinski definition) is 3. The van der Waals surface area contributed by atoms with Gasteiger partial charge >= 0.3 is 0 Å². The Kier molecular flexibility index (Phi) is 7.31. The van der Waals surface area contributed by atoms with Gasteiger partial charge in [-0.1, -0.05) is 166 Å². The van der Waals surface area contributed by atoms with Crippen molar-refractivity contribution >= 4 is 61.1 Å². The first-order valence-corrected chi connectivity index (χ1v) is 18.5. The van der Waals surface area contributed by atoms with Crippen molar-refractivity contribution in [1.82, 2.24) is 0 Å². The monoisotopic (exact) mass is 692 g/mol. The molecule has 3 nitrogen and oxygen atoms in total. The lowest BCUT2D eigenvalue weighted by atomic mass is 9.77. The van der Waals surface area contributed by atoms with Gasteiger partial charge in [0.15, 0.2) is 0 Å². The zero-order chi connectivity index (χ0) is 36.4. The first kappa shape index (κ1) is 31.9. The first-order chi connectivity index (χ1) is 26.5. The predicted octanol–water partition coefficient (Wildman–Crippen LogP) is 13.4. The summed E-state index contributed by atoms with van der Waals surface area (Å²) in [5, 5.41) is 16.0. The molecule has 0 fully saturated rings. The van der Waals surface area contributed by atoms with E-state index in [2.05, 4.69) is 117 Å². The van der Waals surface area contributed by atoms with Gasteiger partial charge in [-0.05, 0) is 78.7 Å². The van der Waals surface area contributed by atoms with Crippen LogP contribution in [0.5, 0.6) is 0 Å². The lowest BCUT2D eigenvalue weighted by Gasteiger charge is -2.26. The van der Waals surface area contributed by atoms with Gasteiger partial charge in [0.05, 0.1) is 11.4 Å². The van der Waals surface area contributed by atoms with E-state index in [1.54, 1.807) is 0 Å². The van der Waals surface area contributed by atoms with Crippen LogP contribution < -0.4 is 0 Å². The largest absolute Gasteiger partial charge is 0.456 e. The number of rotatable bonds is 6. The van der Waals surface area contributed by atoms with E-state index in [1.807, 2.05) is 73.0 Å². The SMILES string of the molecule is CC1(C)c2c(cccc2-c2ccc(C=N/C(=C\C(=N)c3ccccc3)c3cccc4oc5ccccc5c34)c3ccccc23)-c2ccc3ccccc3c21. The number of fused-ring (bicyclic) bond motifs is 9. The summed E-state index contributed by atoms with van der Waals surface area (Å²) in [6.45, 7) is 4.75. The summed E-state index contributed by atoms with van der Waals surface area (Å²) in [6, 6.07) is 57.2. The smallest absolute Gasteiger partial charge is 0.136 e. The van der Waals surface area contributed by atoms with Crippen molar-refractivity contribution in [3.05, 3.63) is 198 Å². The summed E-state index contributed by atoms with van der Waals surface area (Å²) in [5.41, 5.74) is 13.2. The number of aliphatic imine (C=N–C) groups is 1. The Hall–Kier alpha value is -6.84. The van der Waals surface area contributed by atoms with Crippen molar-refractivity contribution in [2.24, 2.45) is 4.99 Å². The Labute approximate surface area is 314 Å². The van der Waals surface area contributed by atoms with Crippen molar-refractivity contribution in [2.75, 3.05) is 0 Å². The van der Waals surface area contributed by atoms with Crippen LogP contribution >= 0.6 is 0 Å². The van der Waals surface area contributed by atoms with Crippen molar-refractivity contribution < 1.29 is 4.42 Å². The van der Waals surface area contributed by atoms with Crippen molar-refractivity contribution in [1.29, 1.82) is 5.41 Å². The minimum Gasteiger partial charge on any atom is -0.456 e. The minimum atomic E-state index is -0.190. The lowest BCUT2D eigenvalue weighted by molar-refractivity contribution is 0.668. The minimum absolute atomic E-state index is 0.190. The van der Waals surface area contributed by atoms with Crippen molar-refractivity contribution in [3.63, 3.8) is 0 Å². The molecule has 0 atom stereocenters. The first-order valence-electron chi connectivity index (χ1n) is 18.5. The van der Waals surface area contributed by atoms with Gasteiger partial charge in [-0.3, -0.25) is 4.99 Å². The van der Waals surface area contributed by atoms with Gasteiger partial charge in [0.25, 0.3) is 0 Å². The number of para-hydroxylation sites is 1. The highest BCUT2D eigenvalue weighted by atomic mass is 16.3. The highest BCUT2D eigenvalue weighted by Gasteiger charge is 2.39. The fourth-order valence-electron chi connectivity index (χ4n) is 8.79. The average Bonchev–Trinajstić information content (AvgIpc) is 3.72. The fourth-order valence-corrected chi connectivity index (χ4v) is 8.79. The lowest BCUT2D eigenvalue weighted by Crippen LogP contribution is -2.17. The molecule has 0 radical (unpaired) electrons. The zero-order valence-corrected chi connectivity index (χ0v) is 30.1. The van der Waals surface area contributed by atoms with Crippen molar-refractivity contribution in [3.8, 4) is 22.3 Å². The summed E-state index contributed by atoms with van der Waals surface area (Å²) >= 11 is 0. The molecule has 0 spiro atoms. The number of allylic oxidation sites excluding steroid dienone is 1. The molecule has 0 saturated carbocycles. The van der Waals surface area contributed by atoms with Crippen LogP contribution in [-0.2, 0) is 5.41 Å². The zero-order valence-electron chi connectivity index (χ0n) is 30.1. The Bertz CT molecular complexity index is 3030. The molecule has 1 aliphatic rings. The Morgan fingerprint density at radius 3 is 2.00 bits per heavy atom. The van der Waals surface area contributed by atoms with E-state index in [-0.39, 0.29) is 5.41 Å². The molecule has 8 aromatic carbocycles. The summed E-state index contributed by atoms with van der Waals surface area (Å²) in [6.07, 6.45) is 3.83. The van der Waals surface area contributed by atoms with E-state index in [1.165, 1.54) is 49.5 Å². The van der Waals surface area contributed by atoms with Crippen LogP contribution in [0, 0.1) is 5.41 Å². The van der Waals surface area contributed by atoms with Gasteiger partial charge in [0.2, 0.25) is 0 Å². The molecule has 0 aliphatic heterocycles. The molecule has 1 aliphatic carbocycles. The topological polar surface area (TPSA) is 49.4 Å². The predicted molar refractivity (Wildman–Crippen MR) is 227 cm³/mol. The maximum atomic E-state index is 9.09. The summed E-state index contributed by atoms with van der Waals surface area (Å²) in [5.74, 6) is 0. The summed E-state index contributed by atoms with van der Waals surface area (Å²) in [4.78, 5) is 5.21. The summed E-state index contributed by atoms with van der Waals surface area (Å²) in [7, 11) is 0. The molecule has 0 unspecified atom stereocenters.